The Morgan fingerprint density at radius 3 is 2.72 bits per heavy atom. The highest BCUT2D eigenvalue weighted by Gasteiger charge is 2.23. The highest BCUT2D eigenvalue weighted by molar-refractivity contribution is 6.31. The van der Waals surface area contributed by atoms with Gasteiger partial charge in [-0.1, -0.05) is 29.8 Å². The number of amides is 1. The molecule has 0 aliphatic carbocycles. The topological polar surface area (TPSA) is 46.6 Å². The fourth-order valence-corrected chi connectivity index (χ4v) is 1.86. The maximum atomic E-state index is 11.9. The van der Waals surface area contributed by atoms with Crippen molar-refractivity contribution >= 4 is 24.0 Å². The van der Waals surface area contributed by atoms with Crippen molar-refractivity contribution in [2.45, 2.75) is 6.42 Å². The number of rotatable bonds is 2. The van der Waals surface area contributed by atoms with E-state index in [9.17, 15) is 9.59 Å². The summed E-state index contributed by atoms with van der Waals surface area (Å²) >= 11 is 5.88. The van der Waals surface area contributed by atoms with Crippen molar-refractivity contribution in [1.29, 1.82) is 0 Å². The number of para-hydroxylation sites is 1. The maximum Gasteiger partial charge on any atom is 0.415 e. The monoisotopic (exact) mass is 265 g/mol. The van der Waals surface area contributed by atoms with E-state index in [1.807, 2.05) is 6.07 Å². The van der Waals surface area contributed by atoms with E-state index in [0.717, 1.165) is 0 Å². The number of hydrogen-bond donors (Lipinski definition) is 0. The third-order valence-corrected chi connectivity index (χ3v) is 3.09. The van der Waals surface area contributed by atoms with E-state index in [1.165, 1.54) is 4.90 Å². The molecule has 1 aromatic rings. The largest absolute Gasteiger partial charge is 0.415 e. The fourth-order valence-electron chi connectivity index (χ4n) is 1.68. The second kappa shape index (κ2) is 5.69. The number of aldehydes is 1. The first kappa shape index (κ1) is 12.6. The summed E-state index contributed by atoms with van der Waals surface area (Å²) in [7, 11) is 0. The molecule has 0 aromatic heterocycles. The molecule has 1 aliphatic rings. The molecule has 0 saturated carbocycles. The van der Waals surface area contributed by atoms with Gasteiger partial charge in [-0.2, -0.15) is 0 Å². The van der Waals surface area contributed by atoms with Gasteiger partial charge in [0.15, 0.2) is 0 Å². The van der Waals surface area contributed by atoms with E-state index >= 15 is 0 Å². The lowest BCUT2D eigenvalue weighted by atomic mass is 10.1. The number of carbonyl (C=O) groups excluding carboxylic acids is 2. The van der Waals surface area contributed by atoms with Gasteiger partial charge in [0.05, 0.1) is 6.54 Å². The normalized spacial score (nSPS) is 15.5. The minimum absolute atomic E-state index is 0.202. The Bertz CT molecular complexity index is 484. The van der Waals surface area contributed by atoms with Crippen LogP contribution in [0.3, 0.4) is 0 Å². The van der Waals surface area contributed by atoms with Gasteiger partial charge in [-0.3, -0.25) is 4.79 Å². The Labute approximate surface area is 110 Å². The second-order valence-electron chi connectivity index (χ2n) is 3.90. The molecule has 0 atom stereocenters. The van der Waals surface area contributed by atoms with Gasteiger partial charge in [-0.15, -0.1) is 0 Å². The molecule has 0 saturated heterocycles. The quantitative estimate of drug-likeness (QED) is 0.772. The second-order valence-corrected chi connectivity index (χ2v) is 4.36. The molecule has 2 rings (SSSR count). The minimum atomic E-state index is -0.468. The van der Waals surface area contributed by atoms with E-state index in [2.05, 4.69) is 0 Å². The summed E-state index contributed by atoms with van der Waals surface area (Å²) < 4.78 is 5.19. The Morgan fingerprint density at radius 2 is 2.06 bits per heavy atom. The van der Waals surface area contributed by atoms with Crippen molar-refractivity contribution in [2.75, 3.05) is 13.1 Å². The van der Waals surface area contributed by atoms with Crippen LogP contribution in [-0.2, 0) is 4.79 Å². The first-order chi connectivity index (χ1) is 8.70. The first-order valence-corrected chi connectivity index (χ1v) is 5.93. The molecule has 0 unspecified atom stereocenters. The van der Waals surface area contributed by atoms with E-state index < -0.39 is 6.09 Å². The Morgan fingerprint density at radius 1 is 1.33 bits per heavy atom. The SMILES string of the molecule is O=CC1=C(Cl)CCN(C(=O)Oc2ccccc2)C1. The number of ether oxygens (including phenoxy) is 1. The first-order valence-electron chi connectivity index (χ1n) is 5.55. The van der Waals surface area contributed by atoms with Gasteiger partial charge in [-0.05, 0) is 12.1 Å². The summed E-state index contributed by atoms with van der Waals surface area (Å²) in [5.74, 6) is 0.482. The van der Waals surface area contributed by atoms with Crippen molar-refractivity contribution < 1.29 is 14.3 Å². The Balaban J connectivity index is 2.01. The molecular formula is C13H12ClNO3. The highest BCUT2D eigenvalue weighted by atomic mass is 35.5. The maximum absolute atomic E-state index is 11.9. The zero-order valence-corrected chi connectivity index (χ0v) is 10.4. The minimum Gasteiger partial charge on any atom is -0.410 e. The van der Waals surface area contributed by atoms with Crippen LogP contribution in [0.5, 0.6) is 5.75 Å². The molecule has 0 fully saturated rings. The van der Waals surface area contributed by atoms with Crippen LogP contribution in [0.15, 0.2) is 40.9 Å². The molecule has 94 valence electrons. The highest BCUT2D eigenvalue weighted by Crippen LogP contribution is 2.21. The van der Waals surface area contributed by atoms with Gasteiger partial charge in [0, 0.05) is 23.6 Å². The molecule has 1 amide bonds. The van der Waals surface area contributed by atoms with E-state index in [1.54, 1.807) is 24.3 Å². The molecule has 1 aliphatic heterocycles. The molecular weight excluding hydrogens is 254 g/mol. The molecule has 0 spiro atoms. The van der Waals surface area contributed by atoms with Crippen LogP contribution in [0.4, 0.5) is 4.79 Å². The van der Waals surface area contributed by atoms with Crippen molar-refractivity contribution in [3.8, 4) is 5.75 Å². The number of halogens is 1. The molecule has 0 bridgehead atoms. The van der Waals surface area contributed by atoms with Gasteiger partial charge in [0.2, 0.25) is 0 Å². The van der Waals surface area contributed by atoms with Crippen LogP contribution in [0.1, 0.15) is 6.42 Å². The zero-order chi connectivity index (χ0) is 13.0. The molecule has 0 N–H and O–H groups in total. The number of benzene rings is 1. The smallest absolute Gasteiger partial charge is 0.410 e. The molecule has 5 heteroatoms. The fraction of sp³-hybridized carbons (Fsp3) is 0.231. The third kappa shape index (κ3) is 2.90. The lowest BCUT2D eigenvalue weighted by Crippen LogP contribution is -2.38. The van der Waals surface area contributed by atoms with Gasteiger partial charge in [0.25, 0.3) is 0 Å². The average molecular weight is 266 g/mol. The number of hydrogen-bond acceptors (Lipinski definition) is 3. The van der Waals surface area contributed by atoms with Gasteiger partial charge >= 0.3 is 6.09 Å². The summed E-state index contributed by atoms with van der Waals surface area (Å²) in [4.78, 5) is 24.1. The standard InChI is InChI=1S/C13H12ClNO3/c14-12-6-7-15(8-10(12)9-16)13(17)18-11-4-2-1-3-5-11/h1-5,9H,6-8H2. The number of nitrogens with zero attached hydrogens (tertiary/aromatic N) is 1. The van der Waals surface area contributed by atoms with Crippen LogP contribution in [0, 0.1) is 0 Å². The number of carbonyl (C=O) groups is 2. The van der Waals surface area contributed by atoms with Crippen LogP contribution >= 0.6 is 11.6 Å². The average Bonchev–Trinajstić information content (AvgIpc) is 2.40. The van der Waals surface area contributed by atoms with Crippen molar-refractivity contribution in [2.24, 2.45) is 0 Å². The van der Waals surface area contributed by atoms with Crippen molar-refractivity contribution in [3.63, 3.8) is 0 Å². The molecule has 0 radical (unpaired) electrons. The molecule has 4 nitrogen and oxygen atoms in total. The third-order valence-electron chi connectivity index (χ3n) is 2.66. The van der Waals surface area contributed by atoms with Crippen LogP contribution < -0.4 is 4.74 Å². The predicted molar refractivity (Wildman–Crippen MR) is 67.6 cm³/mol. The summed E-state index contributed by atoms with van der Waals surface area (Å²) in [5.41, 5.74) is 0.438. The van der Waals surface area contributed by atoms with Crippen molar-refractivity contribution in [3.05, 3.63) is 40.9 Å². The molecule has 1 aromatic carbocycles. The van der Waals surface area contributed by atoms with Gasteiger partial charge in [-0.25, -0.2) is 4.79 Å². The zero-order valence-electron chi connectivity index (χ0n) is 9.64. The van der Waals surface area contributed by atoms with Crippen LogP contribution in [0.2, 0.25) is 0 Å². The van der Waals surface area contributed by atoms with Crippen LogP contribution in [0.25, 0.3) is 0 Å². The van der Waals surface area contributed by atoms with Gasteiger partial charge < -0.3 is 9.64 Å². The Hall–Kier alpha value is -1.81. The van der Waals surface area contributed by atoms with Crippen LogP contribution in [-0.4, -0.2) is 30.4 Å². The Kier molecular flexibility index (Phi) is 3.99. The van der Waals surface area contributed by atoms with Gasteiger partial charge in [0.1, 0.15) is 12.0 Å². The summed E-state index contributed by atoms with van der Waals surface area (Å²) in [6.45, 7) is 0.663. The lowest BCUT2D eigenvalue weighted by molar-refractivity contribution is -0.105. The van der Waals surface area contributed by atoms with Crippen molar-refractivity contribution in [1.82, 2.24) is 4.90 Å². The lowest BCUT2D eigenvalue weighted by Gasteiger charge is -2.26. The summed E-state index contributed by atoms with van der Waals surface area (Å²) in [6, 6.07) is 8.81. The summed E-state index contributed by atoms with van der Waals surface area (Å²) in [6.07, 6.45) is 0.703. The molecule has 18 heavy (non-hydrogen) atoms. The molecule has 1 heterocycles. The van der Waals surface area contributed by atoms with E-state index in [4.69, 9.17) is 16.3 Å². The predicted octanol–water partition coefficient (Wildman–Crippen LogP) is 2.58. The van der Waals surface area contributed by atoms with E-state index in [0.29, 0.717) is 35.6 Å². The van der Waals surface area contributed by atoms with E-state index in [-0.39, 0.29) is 6.54 Å². The summed E-state index contributed by atoms with van der Waals surface area (Å²) in [5, 5.41) is 0.522.